The molecule has 0 radical (unpaired) electrons. The lowest BCUT2D eigenvalue weighted by molar-refractivity contribution is 0.0698. The van der Waals surface area contributed by atoms with Crippen LogP contribution in [0.4, 0.5) is 0 Å². The number of likely N-dealkylation sites (N-methyl/N-ethyl adjacent to an activating group) is 1. The van der Waals surface area contributed by atoms with E-state index in [0.717, 1.165) is 0 Å². The van der Waals surface area contributed by atoms with Crippen LogP contribution in [0, 0.1) is 0 Å². The first kappa shape index (κ1) is 15.5. The standard InChI is InChI=1S/C13H17Cl2N3O2/c1-17(2)6-9-4-10(19)7-18(9)13(20)8-3-11(14)12(15)16-5-8/h3,5,9-10,19H,4,6-7H2,1-2H3. The molecule has 2 rings (SSSR count). The van der Waals surface area contributed by atoms with Gasteiger partial charge >= 0.3 is 0 Å². The lowest BCUT2D eigenvalue weighted by Gasteiger charge is -2.26. The summed E-state index contributed by atoms with van der Waals surface area (Å²) in [5, 5.41) is 10.2. The van der Waals surface area contributed by atoms with E-state index in [9.17, 15) is 9.90 Å². The summed E-state index contributed by atoms with van der Waals surface area (Å²) in [6.45, 7) is 1.04. The molecule has 1 aliphatic heterocycles. The van der Waals surface area contributed by atoms with Gasteiger partial charge < -0.3 is 14.9 Å². The number of rotatable bonds is 3. The van der Waals surface area contributed by atoms with Crippen molar-refractivity contribution in [2.45, 2.75) is 18.6 Å². The van der Waals surface area contributed by atoms with E-state index < -0.39 is 6.10 Å². The van der Waals surface area contributed by atoms with Crippen molar-refractivity contribution in [1.82, 2.24) is 14.8 Å². The molecule has 20 heavy (non-hydrogen) atoms. The molecule has 1 saturated heterocycles. The van der Waals surface area contributed by atoms with Gasteiger partial charge in [0.15, 0.2) is 0 Å². The molecule has 7 heteroatoms. The number of aliphatic hydroxyl groups excluding tert-OH is 1. The minimum absolute atomic E-state index is 0.0121. The maximum absolute atomic E-state index is 12.5. The Morgan fingerprint density at radius 3 is 2.85 bits per heavy atom. The van der Waals surface area contributed by atoms with Crippen LogP contribution in [0.5, 0.6) is 0 Å². The van der Waals surface area contributed by atoms with E-state index in [1.165, 1.54) is 12.3 Å². The number of halogens is 2. The maximum Gasteiger partial charge on any atom is 0.255 e. The number of carbonyl (C=O) groups is 1. The fourth-order valence-electron chi connectivity index (χ4n) is 2.44. The molecule has 1 aromatic rings. The van der Waals surface area contributed by atoms with Crippen LogP contribution in [0.3, 0.4) is 0 Å². The molecule has 110 valence electrons. The average Bonchev–Trinajstić information content (AvgIpc) is 2.72. The molecule has 0 saturated carbocycles. The summed E-state index contributed by atoms with van der Waals surface area (Å²) >= 11 is 11.6. The van der Waals surface area contributed by atoms with Gasteiger partial charge in [-0.3, -0.25) is 4.79 Å². The van der Waals surface area contributed by atoms with Crippen molar-refractivity contribution in [3.05, 3.63) is 28.0 Å². The van der Waals surface area contributed by atoms with Crippen molar-refractivity contribution < 1.29 is 9.90 Å². The summed E-state index contributed by atoms with van der Waals surface area (Å²) in [6, 6.07) is 1.50. The number of carbonyl (C=O) groups excluding carboxylic acids is 1. The van der Waals surface area contributed by atoms with E-state index in [4.69, 9.17) is 23.2 Å². The lowest BCUT2D eigenvalue weighted by atomic mass is 10.2. The largest absolute Gasteiger partial charge is 0.391 e. The van der Waals surface area contributed by atoms with Crippen molar-refractivity contribution >= 4 is 29.1 Å². The number of β-amino-alcohol motifs (C(OH)–C–C–N with tert-alkyl or cyclic N) is 1. The molecule has 0 aromatic carbocycles. The number of hydrogen-bond donors (Lipinski definition) is 1. The van der Waals surface area contributed by atoms with Crippen LogP contribution >= 0.6 is 23.2 Å². The van der Waals surface area contributed by atoms with Gasteiger partial charge in [0, 0.05) is 25.3 Å². The average molecular weight is 318 g/mol. The fourth-order valence-corrected chi connectivity index (χ4v) is 2.71. The van der Waals surface area contributed by atoms with Crippen molar-refractivity contribution in [3.8, 4) is 0 Å². The Hall–Kier alpha value is -0.880. The highest BCUT2D eigenvalue weighted by Crippen LogP contribution is 2.24. The predicted octanol–water partition coefficient (Wildman–Crippen LogP) is 1.53. The third kappa shape index (κ3) is 3.41. The summed E-state index contributed by atoms with van der Waals surface area (Å²) in [7, 11) is 3.88. The van der Waals surface area contributed by atoms with Gasteiger partial charge in [-0.15, -0.1) is 0 Å². The zero-order valence-corrected chi connectivity index (χ0v) is 12.9. The van der Waals surface area contributed by atoms with E-state index in [2.05, 4.69) is 4.98 Å². The van der Waals surface area contributed by atoms with Gasteiger partial charge in [-0.1, -0.05) is 23.2 Å². The van der Waals surface area contributed by atoms with Crippen LogP contribution in [0.1, 0.15) is 16.8 Å². The Balaban J connectivity index is 2.19. The van der Waals surface area contributed by atoms with Crippen LogP contribution in [0.25, 0.3) is 0 Å². The number of pyridine rings is 1. The van der Waals surface area contributed by atoms with E-state index in [0.29, 0.717) is 25.1 Å². The van der Waals surface area contributed by atoms with Crippen molar-refractivity contribution in [2.75, 3.05) is 27.2 Å². The second-order valence-corrected chi connectivity index (χ2v) is 6.02. The summed E-state index contributed by atoms with van der Waals surface area (Å²) in [5.74, 6) is -0.181. The number of hydrogen-bond acceptors (Lipinski definition) is 4. The summed E-state index contributed by atoms with van der Waals surface area (Å²) in [6.07, 6.45) is 1.51. The Labute approximate surface area is 128 Å². The number of aromatic nitrogens is 1. The molecule has 1 amide bonds. The van der Waals surface area contributed by atoms with Crippen LogP contribution in [-0.4, -0.2) is 65.1 Å². The van der Waals surface area contributed by atoms with Crippen molar-refractivity contribution in [2.24, 2.45) is 0 Å². The van der Waals surface area contributed by atoms with Crippen LogP contribution in [0.2, 0.25) is 10.2 Å². The monoisotopic (exact) mass is 317 g/mol. The summed E-state index contributed by atoms with van der Waals surface area (Å²) < 4.78 is 0. The molecule has 1 N–H and O–H groups in total. The molecule has 0 spiro atoms. The maximum atomic E-state index is 12.5. The number of nitrogens with zero attached hydrogens (tertiary/aromatic N) is 3. The molecule has 1 fully saturated rings. The molecular weight excluding hydrogens is 301 g/mol. The molecule has 5 nitrogen and oxygen atoms in total. The molecular formula is C13H17Cl2N3O2. The quantitative estimate of drug-likeness (QED) is 0.859. The van der Waals surface area contributed by atoms with Crippen LogP contribution < -0.4 is 0 Å². The highest BCUT2D eigenvalue weighted by Gasteiger charge is 2.35. The van der Waals surface area contributed by atoms with E-state index in [-0.39, 0.29) is 22.1 Å². The smallest absolute Gasteiger partial charge is 0.255 e. The molecule has 2 atom stereocenters. The van der Waals surface area contributed by atoms with E-state index >= 15 is 0 Å². The number of amides is 1. The zero-order chi connectivity index (χ0) is 14.9. The first-order chi connectivity index (χ1) is 9.38. The highest BCUT2D eigenvalue weighted by atomic mass is 35.5. The van der Waals surface area contributed by atoms with Gasteiger partial charge in [-0.05, 0) is 26.6 Å². The SMILES string of the molecule is CN(C)CC1CC(O)CN1C(=O)c1cnc(Cl)c(Cl)c1. The molecule has 2 unspecified atom stereocenters. The Morgan fingerprint density at radius 1 is 1.55 bits per heavy atom. The molecule has 0 bridgehead atoms. The number of likely N-dealkylation sites (tertiary alicyclic amines) is 1. The normalized spacial score (nSPS) is 22.6. The first-order valence-electron chi connectivity index (χ1n) is 6.33. The molecule has 1 aliphatic rings. The lowest BCUT2D eigenvalue weighted by Crippen LogP contribution is -2.41. The minimum atomic E-state index is -0.486. The third-order valence-corrected chi connectivity index (χ3v) is 3.96. The number of aliphatic hydroxyl groups is 1. The predicted molar refractivity (Wildman–Crippen MR) is 78.3 cm³/mol. The molecule has 1 aromatic heterocycles. The Kier molecular flexibility index (Phi) is 4.86. The van der Waals surface area contributed by atoms with Crippen molar-refractivity contribution in [3.63, 3.8) is 0 Å². The Morgan fingerprint density at radius 2 is 2.25 bits per heavy atom. The summed E-state index contributed by atoms with van der Waals surface area (Å²) in [4.78, 5) is 20.1. The molecule has 2 heterocycles. The van der Waals surface area contributed by atoms with Gasteiger partial charge in [0.05, 0.1) is 16.7 Å². The van der Waals surface area contributed by atoms with Gasteiger partial charge in [-0.25, -0.2) is 4.98 Å². The van der Waals surface area contributed by atoms with Crippen molar-refractivity contribution in [1.29, 1.82) is 0 Å². The van der Waals surface area contributed by atoms with Crippen LogP contribution in [-0.2, 0) is 0 Å². The van der Waals surface area contributed by atoms with Gasteiger partial charge in [0.2, 0.25) is 0 Å². The van der Waals surface area contributed by atoms with Gasteiger partial charge in [0.25, 0.3) is 5.91 Å². The second kappa shape index (κ2) is 6.26. The summed E-state index contributed by atoms with van der Waals surface area (Å²) in [5.41, 5.74) is 0.386. The zero-order valence-electron chi connectivity index (χ0n) is 11.4. The van der Waals surface area contributed by atoms with Gasteiger partial charge in [-0.2, -0.15) is 0 Å². The Bertz CT molecular complexity index is 510. The van der Waals surface area contributed by atoms with E-state index in [1.807, 2.05) is 19.0 Å². The highest BCUT2D eigenvalue weighted by molar-refractivity contribution is 6.41. The molecule has 0 aliphatic carbocycles. The van der Waals surface area contributed by atoms with Gasteiger partial charge in [0.1, 0.15) is 5.15 Å². The van der Waals surface area contributed by atoms with E-state index in [1.54, 1.807) is 4.90 Å². The second-order valence-electron chi connectivity index (χ2n) is 5.26. The minimum Gasteiger partial charge on any atom is -0.391 e. The third-order valence-electron chi connectivity index (χ3n) is 3.27. The first-order valence-corrected chi connectivity index (χ1v) is 7.09. The topological polar surface area (TPSA) is 56.7 Å². The fraction of sp³-hybridized carbons (Fsp3) is 0.538. The van der Waals surface area contributed by atoms with Crippen LogP contribution in [0.15, 0.2) is 12.3 Å².